The molecule has 1 aromatic carbocycles. The molecule has 1 aromatic rings. The fraction of sp³-hybridized carbons (Fsp3) is 0.591. The Morgan fingerprint density at radius 3 is 2.34 bits per heavy atom. The molecule has 0 aromatic heterocycles. The number of hydrogen-bond acceptors (Lipinski definition) is 5. The third-order valence-electron chi connectivity index (χ3n) is 5.48. The van der Waals surface area contributed by atoms with Crippen molar-refractivity contribution in [3.05, 3.63) is 24.3 Å². The van der Waals surface area contributed by atoms with Gasteiger partial charge >= 0.3 is 5.97 Å². The summed E-state index contributed by atoms with van der Waals surface area (Å²) in [4.78, 5) is 40.6. The summed E-state index contributed by atoms with van der Waals surface area (Å²) < 4.78 is 10.7. The lowest BCUT2D eigenvalue weighted by atomic mass is 9.92. The topological polar surface area (TPSA) is 76.2 Å². The highest BCUT2D eigenvalue weighted by atomic mass is 16.5. The maximum absolute atomic E-state index is 12.4. The van der Waals surface area contributed by atoms with Gasteiger partial charge in [0.25, 0.3) is 5.91 Å². The summed E-state index contributed by atoms with van der Waals surface area (Å²) in [5.74, 6) is 0.311. The highest BCUT2D eigenvalue weighted by Gasteiger charge is 2.36. The van der Waals surface area contributed by atoms with Crippen LogP contribution < -0.4 is 9.64 Å². The molecule has 2 amide bonds. The van der Waals surface area contributed by atoms with E-state index in [1.165, 1.54) is 0 Å². The summed E-state index contributed by atoms with van der Waals surface area (Å²) in [6, 6.07) is 7.21. The van der Waals surface area contributed by atoms with Crippen LogP contribution in [0.2, 0.25) is 0 Å². The Kier molecular flexibility index (Phi) is 6.77. The van der Waals surface area contributed by atoms with Crippen LogP contribution in [0.1, 0.15) is 33.6 Å². The fourth-order valence-electron chi connectivity index (χ4n) is 4.21. The van der Waals surface area contributed by atoms with E-state index in [9.17, 15) is 14.4 Å². The smallest absolute Gasteiger partial charge is 0.311 e. The van der Waals surface area contributed by atoms with E-state index in [1.807, 2.05) is 6.92 Å². The van der Waals surface area contributed by atoms with Crippen molar-refractivity contribution in [3.63, 3.8) is 0 Å². The molecular weight excluding hydrogens is 372 g/mol. The number of hydrogen-bond donors (Lipinski definition) is 0. The SMILES string of the molecule is CCOc1ccc(N2CC(C(=O)OCC(=O)N3CC(C)CC(C)C3)CC2=O)cc1. The Labute approximate surface area is 171 Å². The third-order valence-corrected chi connectivity index (χ3v) is 5.48. The molecule has 2 saturated heterocycles. The highest BCUT2D eigenvalue weighted by molar-refractivity contribution is 5.99. The van der Waals surface area contributed by atoms with Gasteiger partial charge in [-0.25, -0.2) is 0 Å². The molecule has 3 atom stereocenters. The van der Waals surface area contributed by atoms with Gasteiger partial charge in [-0.15, -0.1) is 0 Å². The molecule has 0 radical (unpaired) electrons. The summed E-state index contributed by atoms with van der Waals surface area (Å²) in [5.41, 5.74) is 0.723. The monoisotopic (exact) mass is 402 g/mol. The lowest BCUT2D eigenvalue weighted by Crippen LogP contribution is -2.44. The van der Waals surface area contributed by atoms with Crippen LogP contribution in [-0.2, 0) is 19.1 Å². The van der Waals surface area contributed by atoms with Gasteiger partial charge in [-0.2, -0.15) is 0 Å². The van der Waals surface area contributed by atoms with Crippen molar-refractivity contribution >= 4 is 23.5 Å². The lowest BCUT2D eigenvalue weighted by Gasteiger charge is -2.34. The van der Waals surface area contributed by atoms with Crippen LogP contribution >= 0.6 is 0 Å². The van der Waals surface area contributed by atoms with E-state index >= 15 is 0 Å². The van der Waals surface area contributed by atoms with Crippen LogP contribution in [0.15, 0.2) is 24.3 Å². The zero-order valence-electron chi connectivity index (χ0n) is 17.4. The summed E-state index contributed by atoms with van der Waals surface area (Å²) >= 11 is 0. The van der Waals surface area contributed by atoms with Crippen LogP contribution in [0.4, 0.5) is 5.69 Å². The van der Waals surface area contributed by atoms with Crippen molar-refractivity contribution in [2.45, 2.75) is 33.6 Å². The van der Waals surface area contributed by atoms with Gasteiger partial charge in [0.1, 0.15) is 5.75 Å². The number of likely N-dealkylation sites (tertiary alicyclic amines) is 1. The Hall–Kier alpha value is -2.57. The normalized spacial score (nSPS) is 24.5. The zero-order chi connectivity index (χ0) is 21.0. The van der Waals surface area contributed by atoms with E-state index in [4.69, 9.17) is 9.47 Å². The van der Waals surface area contributed by atoms with Crippen LogP contribution in [-0.4, -0.2) is 55.5 Å². The second kappa shape index (κ2) is 9.29. The molecule has 29 heavy (non-hydrogen) atoms. The second-order valence-electron chi connectivity index (χ2n) is 8.18. The number of esters is 1. The molecule has 2 aliphatic rings. The van der Waals surface area contributed by atoms with Gasteiger partial charge in [-0.05, 0) is 49.4 Å². The predicted molar refractivity (Wildman–Crippen MR) is 109 cm³/mol. The van der Waals surface area contributed by atoms with Crippen LogP contribution in [0.25, 0.3) is 0 Å². The maximum Gasteiger partial charge on any atom is 0.311 e. The summed E-state index contributed by atoms with van der Waals surface area (Å²) in [6.07, 6.45) is 1.20. The number of ether oxygens (including phenoxy) is 2. The molecule has 3 unspecified atom stereocenters. The first-order valence-corrected chi connectivity index (χ1v) is 10.3. The minimum absolute atomic E-state index is 0.0953. The standard InChI is InChI=1S/C22H30N2O5/c1-4-28-19-7-5-18(6-8-19)24-13-17(10-20(24)25)22(27)29-14-21(26)23-11-15(2)9-16(3)12-23/h5-8,15-17H,4,9-14H2,1-3H3. The van der Waals surface area contributed by atoms with Crippen molar-refractivity contribution in [3.8, 4) is 5.75 Å². The molecule has 3 rings (SSSR count). The molecule has 0 spiro atoms. The van der Waals surface area contributed by atoms with Gasteiger partial charge in [0, 0.05) is 31.7 Å². The van der Waals surface area contributed by atoms with Crippen molar-refractivity contribution < 1.29 is 23.9 Å². The minimum atomic E-state index is -0.555. The van der Waals surface area contributed by atoms with Crippen LogP contribution in [0.3, 0.4) is 0 Å². The van der Waals surface area contributed by atoms with Crippen molar-refractivity contribution in [1.29, 1.82) is 0 Å². The summed E-state index contributed by atoms with van der Waals surface area (Å²) in [7, 11) is 0. The number of carbonyl (C=O) groups is 3. The molecule has 0 saturated carbocycles. The van der Waals surface area contributed by atoms with Crippen LogP contribution in [0, 0.1) is 17.8 Å². The van der Waals surface area contributed by atoms with Crippen molar-refractivity contribution in [2.24, 2.45) is 17.8 Å². The summed E-state index contributed by atoms with van der Waals surface area (Å²) in [5, 5.41) is 0. The number of anilines is 1. The van der Waals surface area contributed by atoms with Gasteiger partial charge in [0.2, 0.25) is 5.91 Å². The van der Waals surface area contributed by atoms with Gasteiger partial charge in [-0.1, -0.05) is 13.8 Å². The number of rotatable bonds is 6. The number of carbonyl (C=O) groups excluding carboxylic acids is 3. The van der Waals surface area contributed by atoms with Crippen molar-refractivity contribution in [1.82, 2.24) is 4.90 Å². The molecule has 0 bridgehead atoms. The molecule has 0 aliphatic carbocycles. The molecule has 2 fully saturated rings. The van der Waals surface area contributed by atoms with Gasteiger partial charge in [-0.3, -0.25) is 14.4 Å². The van der Waals surface area contributed by atoms with E-state index in [2.05, 4.69) is 13.8 Å². The Bertz CT molecular complexity index is 738. The first-order valence-electron chi connectivity index (χ1n) is 10.3. The van der Waals surface area contributed by atoms with Crippen LogP contribution in [0.5, 0.6) is 5.75 Å². The third kappa shape index (κ3) is 5.28. The Morgan fingerprint density at radius 2 is 1.72 bits per heavy atom. The Balaban J connectivity index is 1.51. The lowest BCUT2D eigenvalue weighted by molar-refractivity contribution is -0.156. The zero-order valence-corrected chi connectivity index (χ0v) is 17.4. The quantitative estimate of drug-likeness (QED) is 0.684. The molecule has 0 N–H and O–H groups in total. The van der Waals surface area contributed by atoms with E-state index in [-0.39, 0.29) is 31.4 Å². The van der Waals surface area contributed by atoms with Crippen molar-refractivity contribution in [2.75, 3.05) is 37.7 Å². The molecule has 158 valence electrons. The van der Waals surface area contributed by atoms with E-state index in [1.54, 1.807) is 34.1 Å². The first-order chi connectivity index (χ1) is 13.9. The molecule has 7 nitrogen and oxygen atoms in total. The minimum Gasteiger partial charge on any atom is -0.494 e. The molecule has 2 aliphatic heterocycles. The fourth-order valence-corrected chi connectivity index (χ4v) is 4.21. The van der Waals surface area contributed by atoms with Gasteiger partial charge in [0.05, 0.1) is 12.5 Å². The highest BCUT2D eigenvalue weighted by Crippen LogP contribution is 2.27. The van der Waals surface area contributed by atoms with E-state index < -0.39 is 11.9 Å². The van der Waals surface area contributed by atoms with Gasteiger partial charge < -0.3 is 19.3 Å². The maximum atomic E-state index is 12.4. The molecule has 7 heteroatoms. The average molecular weight is 402 g/mol. The van der Waals surface area contributed by atoms with E-state index in [0.29, 0.717) is 31.5 Å². The number of amides is 2. The number of benzene rings is 1. The molecular formula is C22H30N2O5. The predicted octanol–water partition coefficient (Wildman–Crippen LogP) is 2.49. The second-order valence-corrected chi connectivity index (χ2v) is 8.18. The van der Waals surface area contributed by atoms with Gasteiger partial charge in [0.15, 0.2) is 6.61 Å². The number of nitrogens with zero attached hydrogens (tertiary/aromatic N) is 2. The first kappa shape index (κ1) is 21.1. The summed E-state index contributed by atoms with van der Waals surface area (Å²) in [6.45, 7) is 8.14. The largest absolute Gasteiger partial charge is 0.494 e. The molecule has 2 heterocycles. The number of piperidine rings is 1. The average Bonchev–Trinajstić information content (AvgIpc) is 3.07. The van der Waals surface area contributed by atoms with E-state index in [0.717, 1.165) is 17.9 Å². The Morgan fingerprint density at radius 1 is 1.07 bits per heavy atom.